The molecule has 0 aliphatic carbocycles. The molecule has 1 aliphatic heterocycles. The first kappa shape index (κ1) is 23.3. The van der Waals surface area contributed by atoms with Gasteiger partial charge in [0.2, 0.25) is 0 Å². The largest absolute Gasteiger partial charge is 0.493 e. The molecule has 4 heteroatoms. The lowest BCUT2D eigenvalue weighted by Gasteiger charge is -2.28. The van der Waals surface area contributed by atoms with Gasteiger partial charge in [0.25, 0.3) is 0 Å². The zero-order chi connectivity index (χ0) is 22.9. The minimum Gasteiger partial charge on any atom is -0.493 e. The maximum atomic E-state index is 6.05. The SMILES string of the molecule is CCN(CC)CCOc1ccc2c(c1)CCNC2c1ccc(OCCc2ccccc2)cc1. The highest BCUT2D eigenvalue weighted by Gasteiger charge is 2.21. The number of rotatable bonds is 11. The fraction of sp³-hybridized carbons (Fsp3) is 0.379. The number of hydrogen-bond donors (Lipinski definition) is 1. The Morgan fingerprint density at radius 3 is 2.33 bits per heavy atom. The smallest absolute Gasteiger partial charge is 0.119 e. The Bertz CT molecular complexity index is 984. The molecule has 1 heterocycles. The number of fused-ring (bicyclic) bond motifs is 1. The molecule has 174 valence electrons. The van der Waals surface area contributed by atoms with E-state index in [-0.39, 0.29) is 6.04 Å². The van der Waals surface area contributed by atoms with Crippen LogP contribution in [0.1, 0.15) is 42.1 Å². The fourth-order valence-electron chi connectivity index (χ4n) is 4.45. The summed E-state index contributed by atoms with van der Waals surface area (Å²) in [5.41, 5.74) is 5.28. The summed E-state index contributed by atoms with van der Waals surface area (Å²) in [5, 5.41) is 3.68. The summed E-state index contributed by atoms with van der Waals surface area (Å²) >= 11 is 0. The van der Waals surface area contributed by atoms with Crippen LogP contribution in [0.25, 0.3) is 0 Å². The highest BCUT2D eigenvalue weighted by molar-refractivity contribution is 5.44. The van der Waals surface area contributed by atoms with Crippen molar-refractivity contribution in [3.8, 4) is 11.5 Å². The van der Waals surface area contributed by atoms with Crippen molar-refractivity contribution in [3.63, 3.8) is 0 Å². The predicted molar refractivity (Wildman–Crippen MR) is 135 cm³/mol. The third kappa shape index (κ3) is 6.37. The van der Waals surface area contributed by atoms with Gasteiger partial charge in [0.1, 0.15) is 18.1 Å². The molecule has 0 saturated carbocycles. The van der Waals surface area contributed by atoms with E-state index in [1.54, 1.807) is 0 Å². The minimum atomic E-state index is 0.205. The van der Waals surface area contributed by atoms with Gasteiger partial charge in [-0.15, -0.1) is 0 Å². The van der Waals surface area contributed by atoms with Crippen molar-refractivity contribution in [1.29, 1.82) is 0 Å². The van der Waals surface area contributed by atoms with E-state index in [2.05, 4.69) is 90.8 Å². The quantitative estimate of drug-likeness (QED) is 0.437. The van der Waals surface area contributed by atoms with Crippen molar-refractivity contribution in [3.05, 3.63) is 95.1 Å². The van der Waals surface area contributed by atoms with E-state index in [1.165, 1.54) is 22.3 Å². The summed E-state index contributed by atoms with van der Waals surface area (Å²) < 4.78 is 12.0. The normalized spacial score (nSPS) is 15.3. The lowest BCUT2D eigenvalue weighted by molar-refractivity contribution is 0.222. The summed E-state index contributed by atoms with van der Waals surface area (Å²) in [5.74, 6) is 1.89. The molecule has 4 nitrogen and oxygen atoms in total. The van der Waals surface area contributed by atoms with E-state index in [0.29, 0.717) is 6.61 Å². The Hall–Kier alpha value is -2.82. The van der Waals surface area contributed by atoms with Crippen molar-refractivity contribution in [2.75, 3.05) is 39.4 Å². The van der Waals surface area contributed by atoms with Crippen LogP contribution in [0.2, 0.25) is 0 Å². The average molecular weight is 445 g/mol. The van der Waals surface area contributed by atoms with E-state index in [0.717, 1.165) is 57.1 Å². The molecule has 4 rings (SSSR count). The van der Waals surface area contributed by atoms with Gasteiger partial charge in [0.05, 0.1) is 12.6 Å². The van der Waals surface area contributed by atoms with Crippen molar-refractivity contribution in [1.82, 2.24) is 10.2 Å². The van der Waals surface area contributed by atoms with Crippen LogP contribution in [0, 0.1) is 0 Å². The highest BCUT2D eigenvalue weighted by atomic mass is 16.5. The first-order chi connectivity index (χ1) is 16.3. The number of nitrogens with one attached hydrogen (secondary N) is 1. The summed E-state index contributed by atoms with van der Waals surface area (Å²) in [4.78, 5) is 2.38. The number of ether oxygens (including phenoxy) is 2. The Balaban J connectivity index is 1.35. The predicted octanol–water partition coefficient (Wildman–Crippen LogP) is 5.26. The molecule has 0 bridgehead atoms. The van der Waals surface area contributed by atoms with Crippen LogP contribution >= 0.6 is 0 Å². The first-order valence-corrected chi connectivity index (χ1v) is 12.2. The van der Waals surface area contributed by atoms with E-state index in [4.69, 9.17) is 9.47 Å². The van der Waals surface area contributed by atoms with Gasteiger partial charge in [-0.05, 0) is 66.0 Å². The maximum Gasteiger partial charge on any atom is 0.119 e. The molecule has 0 saturated heterocycles. The zero-order valence-electron chi connectivity index (χ0n) is 19.9. The van der Waals surface area contributed by atoms with E-state index in [9.17, 15) is 0 Å². The summed E-state index contributed by atoms with van der Waals surface area (Å²) in [7, 11) is 0. The Morgan fingerprint density at radius 1 is 0.848 bits per heavy atom. The molecule has 3 aromatic rings. The van der Waals surface area contributed by atoms with Gasteiger partial charge in [-0.2, -0.15) is 0 Å². The number of likely N-dealkylation sites (N-methyl/N-ethyl adjacent to an activating group) is 1. The van der Waals surface area contributed by atoms with Crippen LogP contribution in [-0.4, -0.2) is 44.3 Å². The van der Waals surface area contributed by atoms with Crippen LogP contribution < -0.4 is 14.8 Å². The van der Waals surface area contributed by atoms with Crippen LogP contribution in [-0.2, 0) is 12.8 Å². The summed E-state index contributed by atoms with van der Waals surface area (Å²) in [6.07, 6.45) is 1.94. The fourth-order valence-corrected chi connectivity index (χ4v) is 4.45. The standard InChI is InChI=1S/C29H36N2O2/c1-3-31(4-2)19-21-33-27-14-15-28-25(22-27)16-18-30-29(28)24-10-12-26(13-11-24)32-20-17-23-8-6-5-7-9-23/h5-15,22,29-30H,3-4,16-21H2,1-2H3. The van der Waals surface area contributed by atoms with Crippen molar-refractivity contribution < 1.29 is 9.47 Å². The molecule has 3 aromatic carbocycles. The second kappa shape index (κ2) is 11.9. The Morgan fingerprint density at radius 2 is 1.58 bits per heavy atom. The topological polar surface area (TPSA) is 33.7 Å². The molecule has 0 spiro atoms. The van der Waals surface area contributed by atoms with Crippen molar-refractivity contribution in [2.45, 2.75) is 32.7 Å². The van der Waals surface area contributed by atoms with Crippen molar-refractivity contribution >= 4 is 0 Å². The van der Waals surface area contributed by atoms with Crippen LogP contribution in [0.15, 0.2) is 72.8 Å². The lowest BCUT2D eigenvalue weighted by Crippen LogP contribution is -2.30. The van der Waals surface area contributed by atoms with Gasteiger partial charge in [0, 0.05) is 19.5 Å². The molecule has 1 aliphatic rings. The molecular formula is C29H36N2O2. The molecule has 0 aromatic heterocycles. The van der Waals surface area contributed by atoms with Crippen LogP contribution in [0.5, 0.6) is 11.5 Å². The molecule has 0 amide bonds. The number of hydrogen-bond acceptors (Lipinski definition) is 4. The number of nitrogens with zero attached hydrogens (tertiary/aromatic N) is 1. The van der Waals surface area contributed by atoms with Gasteiger partial charge in [-0.25, -0.2) is 0 Å². The van der Waals surface area contributed by atoms with E-state index in [1.807, 2.05) is 6.07 Å². The molecule has 33 heavy (non-hydrogen) atoms. The molecular weight excluding hydrogens is 408 g/mol. The summed E-state index contributed by atoms with van der Waals surface area (Å²) in [6.45, 7) is 9.86. The van der Waals surface area contributed by atoms with Crippen LogP contribution in [0.4, 0.5) is 0 Å². The third-order valence-corrected chi connectivity index (χ3v) is 6.45. The van der Waals surface area contributed by atoms with E-state index >= 15 is 0 Å². The van der Waals surface area contributed by atoms with Gasteiger partial charge >= 0.3 is 0 Å². The lowest BCUT2D eigenvalue weighted by atomic mass is 9.90. The minimum absolute atomic E-state index is 0.205. The third-order valence-electron chi connectivity index (χ3n) is 6.45. The van der Waals surface area contributed by atoms with Gasteiger partial charge in [0.15, 0.2) is 0 Å². The average Bonchev–Trinajstić information content (AvgIpc) is 2.87. The molecule has 1 N–H and O–H groups in total. The highest BCUT2D eigenvalue weighted by Crippen LogP contribution is 2.32. The maximum absolute atomic E-state index is 6.05. The number of benzene rings is 3. The zero-order valence-corrected chi connectivity index (χ0v) is 19.9. The molecule has 0 radical (unpaired) electrons. The van der Waals surface area contributed by atoms with E-state index < -0.39 is 0 Å². The molecule has 1 unspecified atom stereocenters. The monoisotopic (exact) mass is 444 g/mol. The van der Waals surface area contributed by atoms with Gasteiger partial charge in [-0.3, -0.25) is 0 Å². The second-order valence-electron chi connectivity index (χ2n) is 8.53. The van der Waals surface area contributed by atoms with Gasteiger partial charge in [-0.1, -0.05) is 62.4 Å². The second-order valence-corrected chi connectivity index (χ2v) is 8.53. The first-order valence-electron chi connectivity index (χ1n) is 12.2. The summed E-state index contributed by atoms with van der Waals surface area (Å²) in [6, 6.07) is 25.8. The Labute approximate surface area is 198 Å². The molecule has 1 atom stereocenters. The Kier molecular flexibility index (Phi) is 8.40. The van der Waals surface area contributed by atoms with Crippen LogP contribution in [0.3, 0.4) is 0 Å². The van der Waals surface area contributed by atoms with Crippen molar-refractivity contribution in [2.24, 2.45) is 0 Å². The van der Waals surface area contributed by atoms with Gasteiger partial charge < -0.3 is 19.7 Å². The molecule has 0 fully saturated rings.